The molecular weight excluding hydrogens is 446 g/mol. The molecule has 0 bridgehead atoms. The Kier molecular flexibility index (Phi) is 8.76. The molecule has 1 aliphatic rings. The molecule has 0 saturated heterocycles. The molecule has 6 nitrogen and oxygen atoms in total. The second-order valence-corrected chi connectivity index (χ2v) is 8.55. The van der Waals surface area contributed by atoms with Gasteiger partial charge in [0.25, 0.3) is 0 Å². The Bertz CT molecular complexity index is 1010. The van der Waals surface area contributed by atoms with Crippen molar-refractivity contribution in [1.29, 1.82) is 0 Å². The van der Waals surface area contributed by atoms with Gasteiger partial charge in [-0.1, -0.05) is 59.3 Å². The van der Waals surface area contributed by atoms with Crippen molar-refractivity contribution >= 4 is 41.6 Å². The van der Waals surface area contributed by atoms with E-state index >= 15 is 0 Å². The van der Waals surface area contributed by atoms with E-state index in [4.69, 9.17) is 16.3 Å². The number of ether oxygens (including phenoxy) is 1. The summed E-state index contributed by atoms with van der Waals surface area (Å²) in [7, 11) is 0. The lowest BCUT2D eigenvalue weighted by Gasteiger charge is -2.14. The van der Waals surface area contributed by atoms with Gasteiger partial charge in [0.15, 0.2) is 16.7 Å². The number of carbonyl (C=O) groups is 2. The van der Waals surface area contributed by atoms with E-state index in [1.807, 2.05) is 67.8 Å². The zero-order valence-corrected chi connectivity index (χ0v) is 19.7. The van der Waals surface area contributed by atoms with Crippen LogP contribution in [-0.4, -0.2) is 34.3 Å². The highest BCUT2D eigenvalue weighted by Crippen LogP contribution is 2.30. The molecule has 1 heterocycles. The molecule has 0 atom stereocenters. The minimum atomic E-state index is -0.456. The summed E-state index contributed by atoms with van der Waals surface area (Å²) in [6, 6.07) is 17.2. The number of aromatic nitrogens is 2. The number of benzene rings is 2. The average molecular weight is 472 g/mol. The van der Waals surface area contributed by atoms with Gasteiger partial charge in [-0.25, -0.2) is 9.78 Å². The molecule has 1 N–H and O–H groups in total. The molecule has 1 amide bonds. The molecule has 0 radical (unpaired) electrons. The van der Waals surface area contributed by atoms with Crippen molar-refractivity contribution in [3.05, 3.63) is 70.9 Å². The third-order valence-corrected chi connectivity index (χ3v) is 5.91. The van der Waals surface area contributed by atoms with E-state index < -0.39 is 5.97 Å². The zero-order valence-electron chi connectivity index (χ0n) is 18.1. The molecule has 0 aliphatic heterocycles. The molecular formula is C24H26ClN3O3S. The van der Waals surface area contributed by atoms with Gasteiger partial charge in [0.05, 0.1) is 0 Å². The maximum atomic E-state index is 12.8. The van der Waals surface area contributed by atoms with Crippen LogP contribution in [-0.2, 0) is 9.53 Å². The number of anilines is 1. The Morgan fingerprint density at radius 1 is 1.16 bits per heavy atom. The van der Waals surface area contributed by atoms with E-state index in [1.54, 1.807) is 4.57 Å². The first kappa shape index (κ1) is 23.9. The number of esters is 1. The lowest BCUT2D eigenvalue weighted by Crippen LogP contribution is -2.19. The van der Waals surface area contributed by atoms with Crippen LogP contribution >= 0.6 is 23.4 Å². The van der Waals surface area contributed by atoms with Gasteiger partial charge in [-0.05, 0) is 63.1 Å². The Labute approximate surface area is 197 Å². The smallest absolute Gasteiger partial charge is 0.359 e. The lowest BCUT2D eigenvalue weighted by atomic mass is 10.2. The monoisotopic (exact) mass is 471 g/mol. The number of thioether (sulfide) groups is 1. The number of halogens is 1. The van der Waals surface area contributed by atoms with Crippen LogP contribution in [0.3, 0.4) is 0 Å². The van der Waals surface area contributed by atoms with E-state index in [0.29, 0.717) is 11.6 Å². The van der Waals surface area contributed by atoms with E-state index in [1.165, 1.54) is 17.3 Å². The summed E-state index contributed by atoms with van der Waals surface area (Å²) < 4.78 is 7.37. The van der Waals surface area contributed by atoms with Crippen molar-refractivity contribution in [2.45, 2.75) is 43.9 Å². The summed E-state index contributed by atoms with van der Waals surface area (Å²) >= 11 is 7.01. The van der Waals surface area contributed by atoms with Crippen molar-refractivity contribution in [1.82, 2.24) is 9.55 Å². The van der Waals surface area contributed by atoms with Crippen LogP contribution < -0.4 is 5.32 Å². The van der Waals surface area contributed by atoms with Gasteiger partial charge in [0.1, 0.15) is 6.10 Å². The topological polar surface area (TPSA) is 73.2 Å². The Morgan fingerprint density at radius 3 is 2.38 bits per heavy atom. The third-order valence-electron chi connectivity index (χ3n) is 5.02. The Balaban J connectivity index is 0.000000305. The standard InChI is InChI=1S/C17H19N3O3S.C7H7Cl/c1-24-17-19-15(18-11-21)14(16(22)23-13-9-5-6-10-13)20(17)12-7-3-2-4-8-12;1-6-2-4-7(8)5-3-6/h2-4,7-8,11,13H,5-6,9-10H2,1H3,(H,18,21);2-5H,1H3. The summed E-state index contributed by atoms with van der Waals surface area (Å²) in [5.74, 6) is -0.232. The summed E-state index contributed by atoms with van der Waals surface area (Å²) in [6.45, 7) is 2.04. The first-order chi connectivity index (χ1) is 15.5. The molecule has 1 aliphatic carbocycles. The number of hydrogen-bond donors (Lipinski definition) is 1. The number of hydrogen-bond acceptors (Lipinski definition) is 5. The highest BCUT2D eigenvalue weighted by molar-refractivity contribution is 7.98. The predicted molar refractivity (Wildman–Crippen MR) is 129 cm³/mol. The quantitative estimate of drug-likeness (QED) is 0.275. The number of rotatable bonds is 6. The molecule has 1 saturated carbocycles. The van der Waals surface area contributed by atoms with Crippen molar-refractivity contribution < 1.29 is 14.3 Å². The van der Waals surface area contributed by atoms with Gasteiger partial charge in [-0.3, -0.25) is 9.36 Å². The number of nitrogens with one attached hydrogen (secondary N) is 1. The van der Waals surface area contributed by atoms with Crippen LogP contribution in [0.2, 0.25) is 5.02 Å². The maximum absolute atomic E-state index is 12.8. The number of amides is 1. The maximum Gasteiger partial charge on any atom is 0.359 e. The normalized spacial score (nSPS) is 13.2. The molecule has 168 valence electrons. The van der Waals surface area contributed by atoms with Crippen LogP contribution in [0.1, 0.15) is 41.7 Å². The molecule has 8 heteroatoms. The van der Waals surface area contributed by atoms with E-state index in [9.17, 15) is 9.59 Å². The predicted octanol–water partition coefficient (Wildman–Crippen LogP) is 5.91. The summed E-state index contributed by atoms with van der Waals surface area (Å²) in [5.41, 5.74) is 2.30. The second kappa shape index (κ2) is 11.7. The largest absolute Gasteiger partial charge is 0.458 e. The summed E-state index contributed by atoms with van der Waals surface area (Å²) in [6.07, 6.45) is 6.26. The lowest BCUT2D eigenvalue weighted by molar-refractivity contribution is -0.105. The number of nitrogens with zero attached hydrogens (tertiary/aromatic N) is 2. The zero-order chi connectivity index (χ0) is 22.9. The third kappa shape index (κ3) is 6.14. The number of imidazole rings is 1. The SMILES string of the molecule is CSc1nc(NC=O)c(C(=O)OC2CCCC2)n1-c1ccccc1.Cc1ccc(Cl)cc1. The van der Waals surface area contributed by atoms with Crippen LogP contribution in [0.4, 0.5) is 5.82 Å². The van der Waals surface area contributed by atoms with E-state index in [2.05, 4.69) is 10.3 Å². The van der Waals surface area contributed by atoms with Gasteiger partial charge in [-0.2, -0.15) is 0 Å². The number of para-hydroxylation sites is 1. The van der Waals surface area contributed by atoms with E-state index in [-0.39, 0.29) is 17.6 Å². The van der Waals surface area contributed by atoms with Crippen LogP contribution in [0.5, 0.6) is 0 Å². The fourth-order valence-corrected chi connectivity index (χ4v) is 4.13. The van der Waals surface area contributed by atoms with Gasteiger partial charge < -0.3 is 10.1 Å². The second-order valence-electron chi connectivity index (χ2n) is 7.34. The van der Waals surface area contributed by atoms with Gasteiger partial charge in [-0.15, -0.1) is 0 Å². The summed E-state index contributed by atoms with van der Waals surface area (Å²) in [4.78, 5) is 28.1. The molecule has 1 aromatic heterocycles. The van der Waals surface area contributed by atoms with Gasteiger partial charge in [0.2, 0.25) is 6.41 Å². The van der Waals surface area contributed by atoms with Crippen LogP contribution in [0.15, 0.2) is 59.8 Å². The first-order valence-electron chi connectivity index (χ1n) is 10.4. The van der Waals surface area contributed by atoms with E-state index in [0.717, 1.165) is 36.4 Å². The molecule has 32 heavy (non-hydrogen) atoms. The molecule has 0 spiro atoms. The van der Waals surface area contributed by atoms with Crippen molar-refractivity contribution in [2.75, 3.05) is 11.6 Å². The first-order valence-corrected chi connectivity index (χ1v) is 12.0. The minimum absolute atomic E-state index is 0.0570. The molecule has 2 aromatic carbocycles. The summed E-state index contributed by atoms with van der Waals surface area (Å²) in [5, 5.41) is 3.94. The fraction of sp³-hybridized carbons (Fsp3) is 0.292. The van der Waals surface area contributed by atoms with Crippen molar-refractivity contribution in [3.63, 3.8) is 0 Å². The van der Waals surface area contributed by atoms with Crippen molar-refractivity contribution in [2.24, 2.45) is 0 Å². The fourth-order valence-electron chi connectivity index (χ4n) is 3.44. The number of aryl methyl sites for hydroxylation is 1. The van der Waals surface area contributed by atoms with Gasteiger partial charge >= 0.3 is 5.97 Å². The molecule has 4 rings (SSSR count). The minimum Gasteiger partial charge on any atom is -0.458 e. The highest BCUT2D eigenvalue weighted by Gasteiger charge is 2.28. The van der Waals surface area contributed by atoms with Crippen LogP contribution in [0.25, 0.3) is 5.69 Å². The highest BCUT2D eigenvalue weighted by atomic mass is 35.5. The molecule has 3 aromatic rings. The Hall–Kier alpha value is -2.77. The van der Waals surface area contributed by atoms with Crippen molar-refractivity contribution in [3.8, 4) is 5.69 Å². The van der Waals surface area contributed by atoms with Crippen LogP contribution in [0, 0.1) is 6.92 Å². The Morgan fingerprint density at radius 2 is 1.81 bits per heavy atom. The average Bonchev–Trinajstić information content (AvgIpc) is 3.44. The molecule has 1 fully saturated rings. The van der Waals surface area contributed by atoms with Gasteiger partial charge in [0, 0.05) is 10.7 Å². The molecule has 0 unspecified atom stereocenters. The number of carbonyl (C=O) groups excluding carboxylic acids is 2.